The van der Waals surface area contributed by atoms with E-state index in [9.17, 15) is 24.1 Å². The van der Waals surface area contributed by atoms with Crippen molar-refractivity contribution in [1.82, 2.24) is 4.90 Å². The lowest BCUT2D eigenvalue weighted by molar-refractivity contribution is -0.384. The summed E-state index contributed by atoms with van der Waals surface area (Å²) in [6, 6.07) is 16.9. The Hall–Kier alpha value is -4.18. The number of thioether (sulfide) groups is 1. The molecule has 0 aliphatic carbocycles. The van der Waals surface area contributed by atoms with Crippen LogP contribution in [-0.2, 0) is 17.9 Å². The van der Waals surface area contributed by atoms with Crippen LogP contribution in [-0.4, -0.2) is 28.1 Å². The number of hydrogen-bond acceptors (Lipinski definition) is 7. The fourth-order valence-corrected chi connectivity index (χ4v) is 4.20. The SMILES string of the molecule is COc1ccc(/C=C2\SC(=O)N(Cc3ccc([N+](=O)[O-])cc3)C2=O)cc1OCc1ccccc1F. The molecular weight excluding hydrogens is 475 g/mol. The zero-order valence-electron chi connectivity index (χ0n) is 18.5. The zero-order valence-corrected chi connectivity index (χ0v) is 19.3. The molecule has 0 atom stereocenters. The minimum Gasteiger partial charge on any atom is -0.493 e. The van der Waals surface area contributed by atoms with Crippen molar-refractivity contribution >= 4 is 34.7 Å². The Morgan fingerprint density at radius 2 is 1.80 bits per heavy atom. The maximum absolute atomic E-state index is 13.9. The summed E-state index contributed by atoms with van der Waals surface area (Å²) in [4.78, 5) is 36.9. The molecule has 0 bridgehead atoms. The lowest BCUT2D eigenvalue weighted by Crippen LogP contribution is -2.27. The number of methoxy groups -OCH3 is 1. The third-order valence-electron chi connectivity index (χ3n) is 5.19. The number of ether oxygens (including phenoxy) is 2. The summed E-state index contributed by atoms with van der Waals surface area (Å²) in [7, 11) is 1.48. The first-order valence-electron chi connectivity index (χ1n) is 10.4. The maximum atomic E-state index is 13.9. The van der Waals surface area contributed by atoms with Gasteiger partial charge in [0.25, 0.3) is 16.8 Å². The second kappa shape index (κ2) is 10.4. The minimum atomic E-state index is -0.518. The van der Waals surface area contributed by atoms with E-state index in [-0.39, 0.29) is 29.6 Å². The molecule has 1 saturated heterocycles. The van der Waals surface area contributed by atoms with Gasteiger partial charge >= 0.3 is 0 Å². The van der Waals surface area contributed by atoms with E-state index in [1.165, 1.54) is 37.4 Å². The van der Waals surface area contributed by atoms with Crippen molar-refractivity contribution in [2.45, 2.75) is 13.2 Å². The van der Waals surface area contributed by atoms with E-state index in [4.69, 9.17) is 9.47 Å². The molecule has 0 radical (unpaired) electrons. The molecule has 1 fully saturated rings. The van der Waals surface area contributed by atoms with Gasteiger partial charge in [0.1, 0.15) is 12.4 Å². The van der Waals surface area contributed by atoms with Crippen molar-refractivity contribution in [2.75, 3.05) is 7.11 Å². The first-order chi connectivity index (χ1) is 16.9. The standard InChI is InChI=1S/C25H19FN2O6S/c1-33-21-11-8-17(12-22(21)34-15-18-4-2-3-5-20(18)26)13-23-24(29)27(25(30)35-23)14-16-6-9-19(10-7-16)28(31)32/h2-13H,14-15H2,1H3/b23-13-. The van der Waals surface area contributed by atoms with Crippen molar-refractivity contribution in [3.05, 3.63) is 104 Å². The average Bonchev–Trinajstić information content (AvgIpc) is 3.11. The van der Waals surface area contributed by atoms with Crippen molar-refractivity contribution in [3.8, 4) is 11.5 Å². The molecule has 2 amide bonds. The Morgan fingerprint density at radius 3 is 2.49 bits per heavy atom. The van der Waals surface area contributed by atoms with Crippen molar-refractivity contribution in [1.29, 1.82) is 0 Å². The van der Waals surface area contributed by atoms with Gasteiger partial charge in [-0.2, -0.15) is 0 Å². The Labute approximate surface area is 204 Å². The van der Waals surface area contributed by atoms with Gasteiger partial charge in [-0.25, -0.2) is 4.39 Å². The van der Waals surface area contributed by atoms with Crippen LogP contribution in [0.3, 0.4) is 0 Å². The molecule has 3 aromatic rings. The molecule has 0 saturated carbocycles. The van der Waals surface area contributed by atoms with Gasteiger partial charge < -0.3 is 9.47 Å². The number of carbonyl (C=O) groups is 2. The quantitative estimate of drug-likeness (QED) is 0.230. The van der Waals surface area contributed by atoms with E-state index in [2.05, 4.69) is 0 Å². The number of amides is 2. The van der Waals surface area contributed by atoms with Crippen LogP contribution in [0.4, 0.5) is 14.9 Å². The van der Waals surface area contributed by atoms with Crippen LogP contribution in [0, 0.1) is 15.9 Å². The number of nitro benzene ring substituents is 1. The van der Waals surface area contributed by atoms with Crippen LogP contribution in [0.2, 0.25) is 0 Å². The van der Waals surface area contributed by atoms with Gasteiger partial charge in [0.05, 0.1) is 23.5 Å². The summed E-state index contributed by atoms with van der Waals surface area (Å²) in [5, 5.41) is 10.4. The van der Waals surface area contributed by atoms with Crippen LogP contribution in [0.25, 0.3) is 6.08 Å². The molecule has 0 N–H and O–H groups in total. The highest BCUT2D eigenvalue weighted by Gasteiger charge is 2.35. The van der Waals surface area contributed by atoms with Crippen molar-refractivity contribution in [3.63, 3.8) is 0 Å². The molecule has 178 valence electrons. The molecule has 0 aromatic heterocycles. The monoisotopic (exact) mass is 494 g/mol. The predicted octanol–water partition coefficient (Wildman–Crippen LogP) is 5.56. The van der Waals surface area contributed by atoms with Crippen LogP contribution < -0.4 is 9.47 Å². The highest BCUT2D eigenvalue weighted by atomic mass is 32.2. The Morgan fingerprint density at radius 1 is 1.06 bits per heavy atom. The lowest BCUT2D eigenvalue weighted by atomic mass is 10.1. The number of rotatable bonds is 8. The Kier molecular flexibility index (Phi) is 7.11. The van der Waals surface area contributed by atoms with Gasteiger partial charge in [-0.3, -0.25) is 24.6 Å². The van der Waals surface area contributed by atoms with Gasteiger partial charge in [-0.1, -0.05) is 36.4 Å². The topological polar surface area (TPSA) is 99.0 Å². The molecule has 8 nitrogen and oxygen atoms in total. The molecule has 4 rings (SSSR count). The predicted molar refractivity (Wildman–Crippen MR) is 128 cm³/mol. The minimum absolute atomic E-state index is 0.000383. The molecule has 1 aliphatic rings. The summed E-state index contributed by atoms with van der Waals surface area (Å²) in [5.41, 5.74) is 1.49. The number of nitro groups is 1. The first-order valence-corrected chi connectivity index (χ1v) is 11.2. The molecule has 3 aromatic carbocycles. The molecule has 35 heavy (non-hydrogen) atoms. The fourth-order valence-electron chi connectivity index (χ4n) is 3.36. The van der Waals surface area contributed by atoms with Gasteiger partial charge in [-0.15, -0.1) is 0 Å². The number of hydrogen-bond donors (Lipinski definition) is 0. The fraction of sp³-hybridized carbons (Fsp3) is 0.120. The third kappa shape index (κ3) is 5.49. The van der Waals surface area contributed by atoms with Gasteiger partial charge in [0.2, 0.25) is 0 Å². The molecule has 1 heterocycles. The van der Waals surface area contributed by atoms with E-state index in [0.717, 1.165) is 16.7 Å². The second-order valence-electron chi connectivity index (χ2n) is 7.48. The van der Waals surface area contributed by atoms with Crippen LogP contribution >= 0.6 is 11.8 Å². The van der Waals surface area contributed by atoms with Gasteiger partial charge in [0, 0.05) is 17.7 Å². The second-order valence-corrected chi connectivity index (χ2v) is 8.47. The summed E-state index contributed by atoms with van der Waals surface area (Å²) >= 11 is 0.801. The number of halogens is 1. The van der Waals surface area contributed by atoms with Gasteiger partial charge in [0.15, 0.2) is 11.5 Å². The van der Waals surface area contributed by atoms with Gasteiger partial charge in [-0.05, 0) is 47.2 Å². The normalized spacial score (nSPS) is 14.5. The van der Waals surface area contributed by atoms with E-state index >= 15 is 0 Å². The number of carbonyl (C=O) groups excluding carboxylic acids is 2. The summed E-state index contributed by atoms with van der Waals surface area (Å²) in [5.74, 6) is -0.0633. The lowest BCUT2D eigenvalue weighted by Gasteiger charge is -2.13. The Bertz CT molecular complexity index is 1330. The van der Waals surface area contributed by atoms with E-state index in [1.54, 1.807) is 42.5 Å². The van der Waals surface area contributed by atoms with E-state index < -0.39 is 16.1 Å². The van der Waals surface area contributed by atoms with E-state index in [0.29, 0.717) is 28.2 Å². The largest absolute Gasteiger partial charge is 0.493 e. The molecule has 1 aliphatic heterocycles. The summed E-state index contributed by atoms with van der Waals surface area (Å²) < 4.78 is 25.0. The molecular formula is C25H19FN2O6S. The van der Waals surface area contributed by atoms with Crippen molar-refractivity contribution in [2.24, 2.45) is 0 Å². The van der Waals surface area contributed by atoms with E-state index in [1.807, 2.05) is 0 Å². The number of benzene rings is 3. The zero-order chi connectivity index (χ0) is 24.9. The number of imide groups is 1. The third-order valence-corrected chi connectivity index (χ3v) is 6.10. The molecule has 0 unspecified atom stereocenters. The highest BCUT2D eigenvalue weighted by molar-refractivity contribution is 8.18. The number of nitrogens with zero attached hydrogens (tertiary/aromatic N) is 2. The number of non-ortho nitro benzene ring substituents is 1. The van der Waals surface area contributed by atoms with Crippen LogP contribution in [0.15, 0.2) is 71.6 Å². The smallest absolute Gasteiger partial charge is 0.293 e. The maximum Gasteiger partial charge on any atom is 0.293 e. The van der Waals surface area contributed by atoms with Crippen LogP contribution in [0.1, 0.15) is 16.7 Å². The average molecular weight is 495 g/mol. The Balaban J connectivity index is 1.51. The summed E-state index contributed by atoms with van der Waals surface area (Å²) in [6.45, 7) is -0.0160. The molecule has 10 heteroatoms. The van der Waals surface area contributed by atoms with Crippen LogP contribution in [0.5, 0.6) is 11.5 Å². The van der Waals surface area contributed by atoms with Crippen molar-refractivity contribution < 1.29 is 28.4 Å². The summed E-state index contributed by atoms with van der Waals surface area (Å²) in [6.07, 6.45) is 1.57. The highest BCUT2D eigenvalue weighted by Crippen LogP contribution is 2.35. The first kappa shape index (κ1) is 24.0. The molecule has 0 spiro atoms.